The predicted octanol–water partition coefficient (Wildman–Crippen LogP) is 0.607. The van der Waals surface area contributed by atoms with Gasteiger partial charge in [-0.1, -0.05) is 13.0 Å². The minimum absolute atomic E-state index is 0.321. The molecule has 10 heavy (non-hydrogen) atoms. The molecule has 0 radical (unpaired) electrons. The molecule has 1 aliphatic carbocycles. The molecule has 0 aliphatic heterocycles. The molecule has 0 aromatic carbocycles. The Morgan fingerprint density at radius 3 is 3.00 bits per heavy atom. The highest BCUT2D eigenvalue weighted by atomic mass is 16.3. The van der Waals surface area contributed by atoms with Crippen molar-refractivity contribution in [2.75, 3.05) is 0 Å². The van der Waals surface area contributed by atoms with Gasteiger partial charge < -0.3 is 5.11 Å². The van der Waals surface area contributed by atoms with Crippen molar-refractivity contribution in [2.24, 2.45) is 10.9 Å². The fraction of sp³-hybridized carbons (Fsp3) is 0.571. The first kappa shape index (κ1) is 7.19. The van der Waals surface area contributed by atoms with Crippen molar-refractivity contribution in [3.05, 3.63) is 11.8 Å². The molecule has 0 bridgehead atoms. The number of hydrogen-bond acceptors (Lipinski definition) is 3. The zero-order valence-corrected chi connectivity index (χ0v) is 5.74. The third-order valence-corrected chi connectivity index (χ3v) is 1.57. The lowest BCUT2D eigenvalue weighted by molar-refractivity contribution is 0.201. The van der Waals surface area contributed by atoms with Crippen molar-refractivity contribution in [3.63, 3.8) is 0 Å². The summed E-state index contributed by atoms with van der Waals surface area (Å²) < 4.78 is 0. The van der Waals surface area contributed by atoms with Crippen LogP contribution in [0.25, 0.3) is 0 Å². The van der Waals surface area contributed by atoms with Crippen LogP contribution in [0.1, 0.15) is 13.3 Å². The second-order valence-electron chi connectivity index (χ2n) is 2.52. The van der Waals surface area contributed by atoms with Gasteiger partial charge in [-0.3, -0.25) is 0 Å². The van der Waals surface area contributed by atoms with Gasteiger partial charge in [-0.2, -0.15) is 4.99 Å². The molecule has 0 saturated carbocycles. The lowest BCUT2D eigenvalue weighted by atomic mass is 10.1. The SMILES string of the molecule is CC1C=C(N=C=O)C(O)C1. The number of aliphatic hydroxyl groups excluding tert-OH is 1. The zero-order valence-electron chi connectivity index (χ0n) is 5.74. The average molecular weight is 139 g/mol. The number of carbonyl (C=O) groups excluding carboxylic acids is 1. The summed E-state index contributed by atoms with van der Waals surface area (Å²) in [6.07, 6.45) is 3.30. The molecule has 0 heterocycles. The molecule has 0 saturated heterocycles. The molecule has 2 atom stereocenters. The van der Waals surface area contributed by atoms with Gasteiger partial charge in [0.25, 0.3) is 0 Å². The Kier molecular flexibility index (Phi) is 2.00. The van der Waals surface area contributed by atoms with E-state index in [4.69, 9.17) is 5.11 Å². The molecule has 0 aromatic heterocycles. The third-order valence-electron chi connectivity index (χ3n) is 1.57. The monoisotopic (exact) mass is 139 g/mol. The lowest BCUT2D eigenvalue weighted by Crippen LogP contribution is -2.03. The van der Waals surface area contributed by atoms with Crippen LogP contribution in [0.3, 0.4) is 0 Å². The first-order valence-electron chi connectivity index (χ1n) is 3.21. The third kappa shape index (κ3) is 1.32. The summed E-state index contributed by atoms with van der Waals surface area (Å²) in [5.74, 6) is 0.321. The molecule has 1 N–H and O–H groups in total. The van der Waals surface area contributed by atoms with Crippen molar-refractivity contribution in [2.45, 2.75) is 19.4 Å². The number of hydrogen-bond donors (Lipinski definition) is 1. The number of aliphatic imine (C=N–C) groups is 1. The van der Waals surface area contributed by atoms with Gasteiger partial charge in [0.1, 0.15) is 0 Å². The molecule has 3 nitrogen and oxygen atoms in total. The standard InChI is InChI=1S/C7H9NO2/c1-5-2-6(8-4-9)7(10)3-5/h2,5,7,10H,3H2,1H3. The van der Waals surface area contributed by atoms with Crippen molar-refractivity contribution >= 4 is 6.08 Å². The van der Waals surface area contributed by atoms with E-state index in [1.165, 1.54) is 6.08 Å². The van der Waals surface area contributed by atoms with E-state index in [9.17, 15) is 4.79 Å². The Bertz CT molecular complexity index is 204. The number of rotatable bonds is 1. The molecule has 0 fully saturated rings. The topological polar surface area (TPSA) is 49.7 Å². The van der Waals surface area contributed by atoms with E-state index < -0.39 is 6.10 Å². The molecule has 3 heteroatoms. The summed E-state index contributed by atoms with van der Waals surface area (Å²) in [7, 11) is 0. The Morgan fingerprint density at radius 2 is 2.60 bits per heavy atom. The second kappa shape index (κ2) is 2.78. The predicted molar refractivity (Wildman–Crippen MR) is 36.0 cm³/mol. The van der Waals surface area contributed by atoms with Crippen LogP contribution in [0.5, 0.6) is 0 Å². The van der Waals surface area contributed by atoms with Crippen LogP contribution >= 0.6 is 0 Å². The fourth-order valence-electron chi connectivity index (χ4n) is 1.11. The Hall–Kier alpha value is -0.920. The molecular weight excluding hydrogens is 130 g/mol. The highest BCUT2D eigenvalue weighted by Gasteiger charge is 2.20. The van der Waals surface area contributed by atoms with E-state index in [1.807, 2.05) is 6.92 Å². The van der Waals surface area contributed by atoms with Crippen LogP contribution in [-0.4, -0.2) is 17.3 Å². The van der Waals surface area contributed by atoms with E-state index in [2.05, 4.69) is 4.99 Å². The van der Waals surface area contributed by atoms with Crippen LogP contribution in [0, 0.1) is 5.92 Å². The maximum atomic E-state index is 9.77. The summed E-state index contributed by atoms with van der Waals surface area (Å²) in [4.78, 5) is 13.1. The van der Waals surface area contributed by atoms with Crippen LogP contribution in [0.4, 0.5) is 0 Å². The molecule has 54 valence electrons. The highest BCUT2D eigenvalue weighted by Crippen LogP contribution is 2.24. The Morgan fingerprint density at radius 1 is 1.90 bits per heavy atom. The van der Waals surface area contributed by atoms with Gasteiger partial charge in [-0.05, 0) is 12.3 Å². The molecule has 2 unspecified atom stereocenters. The van der Waals surface area contributed by atoms with Crippen molar-refractivity contribution in [1.29, 1.82) is 0 Å². The summed E-state index contributed by atoms with van der Waals surface area (Å²) in [6, 6.07) is 0. The maximum absolute atomic E-state index is 9.77. The van der Waals surface area contributed by atoms with Crippen LogP contribution in [-0.2, 0) is 4.79 Å². The summed E-state index contributed by atoms with van der Waals surface area (Å²) in [5, 5.41) is 9.15. The van der Waals surface area contributed by atoms with Gasteiger partial charge in [0.2, 0.25) is 6.08 Å². The van der Waals surface area contributed by atoms with Crippen LogP contribution in [0.2, 0.25) is 0 Å². The Labute approximate surface area is 59.1 Å². The largest absolute Gasteiger partial charge is 0.387 e. The second-order valence-corrected chi connectivity index (χ2v) is 2.52. The number of isocyanates is 1. The summed E-state index contributed by atoms with van der Waals surface area (Å²) >= 11 is 0. The molecule has 1 aliphatic rings. The highest BCUT2D eigenvalue weighted by molar-refractivity contribution is 5.38. The molecular formula is C7H9NO2. The van der Waals surface area contributed by atoms with Gasteiger partial charge in [0, 0.05) is 0 Å². The minimum atomic E-state index is -0.559. The average Bonchev–Trinajstić information content (AvgIpc) is 2.13. The smallest absolute Gasteiger partial charge is 0.240 e. The van der Waals surface area contributed by atoms with E-state index in [0.717, 1.165) is 0 Å². The molecule has 1 rings (SSSR count). The summed E-state index contributed by atoms with van der Waals surface area (Å²) in [6.45, 7) is 1.97. The first-order chi connectivity index (χ1) is 4.74. The van der Waals surface area contributed by atoms with Crippen molar-refractivity contribution < 1.29 is 9.90 Å². The fourth-order valence-corrected chi connectivity index (χ4v) is 1.11. The van der Waals surface area contributed by atoms with Gasteiger partial charge in [0.05, 0.1) is 11.8 Å². The normalized spacial score (nSPS) is 31.2. The number of nitrogens with zero attached hydrogens (tertiary/aromatic N) is 1. The zero-order chi connectivity index (χ0) is 7.56. The number of allylic oxidation sites excluding steroid dienone is 1. The summed E-state index contributed by atoms with van der Waals surface area (Å²) in [5.41, 5.74) is 0.461. The van der Waals surface area contributed by atoms with E-state index >= 15 is 0 Å². The van der Waals surface area contributed by atoms with Crippen LogP contribution in [0.15, 0.2) is 16.8 Å². The molecule has 0 aromatic rings. The first-order valence-corrected chi connectivity index (χ1v) is 3.21. The van der Waals surface area contributed by atoms with Crippen molar-refractivity contribution in [1.82, 2.24) is 0 Å². The van der Waals surface area contributed by atoms with Gasteiger partial charge in [-0.25, -0.2) is 4.79 Å². The quantitative estimate of drug-likeness (QED) is 0.427. The molecule has 0 amide bonds. The lowest BCUT2D eigenvalue weighted by Gasteiger charge is -1.99. The maximum Gasteiger partial charge on any atom is 0.240 e. The minimum Gasteiger partial charge on any atom is -0.387 e. The molecule has 0 spiro atoms. The Balaban J connectivity index is 2.74. The van der Waals surface area contributed by atoms with Crippen LogP contribution < -0.4 is 0 Å². The van der Waals surface area contributed by atoms with E-state index in [-0.39, 0.29) is 0 Å². The van der Waals surface area contributed by atoms with Gasteiger partial charge in [-0.15, -0.1) is 0 Å². The van der Waals surface area contributed by atoms with E-state index in [1.54, 1.807) is 6.08 Å². The number of aliphatic hydroxyl groups is 1. The van der Waals surface area contributed by atoms with Gasteiger partial charge in [0.15, 0.2) is 0 Å². The van der Waals surface area contributed by atoms with Gasteiger partial charge >= 0.3 is 0 Å². The van der Waals surface area contributed by atoms with E-state index in [0.29, 0.717) is 18.0 Å². The van der Waals surface area contributed by atoms with Crippen molar-refractivity contribution in [3.8, 4) is 0 Å².